The van der Waals surface area contributed by atoms with Gasteiger partial charge in [-0.2, -0.15) is 0 Å². The molecule has 5 heteroatoms. The van der Waals surface area contributed by atoms with Crippen LogP contribution in [0.5, 0.6) is 5.75 Å². The molecule has 0 unspecified atom stereocenters. The zero-order valence-electron chi connectivity index (χ0n) is 17.7. The largest absolute Gasteiger partial charge is 0.486 e. The van der Waals surface area contributed by atoms with Crippen LogP contribution >= 0.6 is 0 Å². The summed E-state index contributed by atoms with van der Waals surface area (Å²) in [5, 5.41) is 3.02. The van der Waals surface area contributed by atoms with Gasteiger partial charge >= 0.3 is 0 Å². The van der Waals surface area contributed by atoms with E-state index in [2.05, 4.69) is 34.3 Å². The van der Waals surface area contributed by atoms with Crippen LogP contribution in [0.15, 0.2) is 84.0 Å². The number of nitroso groups, excluding NO2 is 1. The van der Waals surface area contributed by atoms with Gasteiger partial charge in [0.1, 0.15) is 17.5 Å². The van der Waals surface area contributed by atoms with Gasteiger partial charge in [0.25, 0.3) is 0 Å². The van der Waals surface area contributed by atoms with Crippen molar-refractivity contribution in [1.82, 2.24) is 4.90 Å². The maximum absolute atomic E-state index is 10.9. The zero-order chi connectivity index (χ0) is 21.5. The lowest BCUT2D eigenvalue weighted by molar-refractivity contribution is 0.148. The smallest absolute Gasteiger partial charge is 0.125 e. The van der Waals surface area contributed by atoms with E-state index >= 15 is 0 Å². The number of likely N-dealkylation sites (tertiary alicyclic amines) is 1. The number of nitrogen functional groups attached to an aromatic ring is 1. The highest BCUT2D eigenvalue weighted by molar-refractivity contribution is 5.43. The summed E-state index contributed by atoms with van der Waals surface area (Å²) in [7, 11) is 0. The van der Waals surface area contributed by atoms with Gasteiger partial charge in [-0.25, -0.2) is 0 Å². The van der Waals surface area contributed by atoms with Crippen molar-refractivity contribution in [3.05, 3.63) is 94.9 Å². The van der Waals surface area contributed by atoms with E-state index in [1.165, 1.54) is 5.56 Å². The molecular formula is C26H29N3O2. The molecule has 31 heavy (non-hydrogen) atoms. The summed E-state index contributed by atoms with van der Waals surface area (Å²) in [6.07, 6.45) is 3.10. The molecule has 4 rings (SSSR count). The van der Waals surface area contributed by atoms with Crippen molar-refractivity contribution in [2.45, 2.75) is 31.3 Å². The Labute approximate surface area is 183 Å². The number of benzene rings is 3. The highest BCUT2D eigenvalue weighted by Crippen LogP contribution is 2.31. The molecule has 0 amide bonds. The van der Waals surface area contributed by atoms with Gasteiger partial charge in [0.2, 0.25) is 0 Å². The molecule has 2 N–H and O–H groups in total. The van der Waals surface area contributed by atoms with Crippen LogP contribution in [0.4, 0.5) is 11.4 Å². The second kappa shape index (κ2) is 10.2. The minimum atomic E-state index is -0.0743. The predicted molar refractivity (Wildman–Crippen MR) is 126 cm³/mol. The van der Waals surface area contributed by atoms with Gasteiger partial charge in [0.05, 0.1) is 0 Å². The van der Waals surface area contributed by atoms with E-state index in [1.54, 1.807) is 18.2 Å². The Kier molecular flexibility index (Phi) is 6.95. The average Bonchev–Trinajstić information content (AvgIpc) is 2.83. The van der Waals surface area contributed by atoms with E-state index < -0.39 is 0 Å². The van der Waals surface area contributed by atoms with Crippen LogP contribution in [-0.4, -0.2) is 24.5 Å². The molecular weight excluding hydrogens is 386 g/mol. The van der Waals surface area contributed by atoms with Crippen molar-refractivity contribution in [2.75, 3.05) is 25.4 Å². The number of hydrogen-bond donors (Lipinski definition) is 1. The number of piperidine rings is 1. The van der Waals surface area contributed by atoms with Gasteiger partial charge in [0.15, 0.2) is 0 Å². The van der Waals surface area contributed by atoms with Crippen molar-refractivity contribution in [2.24, 2.45) is 5.18 Å². The fraction of sp³-hybridized carbons (Fsp3) is 0.308. The molecule has 0 spiro atoms. The van der Waals surface area contributed by atoms with Crippen molar-refractivity contribution in [1.29, 1.82) is 0 Å². The van der Waals surface area contributed by atoms with E-state index in [0.29, 0.717) is 17.4 Å². The standard InChI is InChI=1S/C26H29N3O2/c27-23-9-4-8-22(18-23)20-12-15-29(16-13-20)17-14-26(21-6-2-1-3-7-21)31-25-11-5-10-24(19-25)28-30/h1-11,18-20,26H,12-17,27H2/t26-/m1/s1. The molecule has 0 saturated carbocycles. The Morgan fingerprint density at radius 3 is 2.48 bits per heavy atom. The topological polar surface area (TPSA) is 67.9 Å². The molecule has 3 aromatic carbocycles. The molecule has 1 aliphatic heterocycles. The Morgan fingerprint density at radius 1 is 0.968 bits per heavy atom. The maximum atomic E-state index is 10.9. The first-order valence-corrected chi connectivity index (χ1v) is 10.9. The lowest BCUT2D eigenvalue weighted by atomic mass is 9.89. The molecule has 3 aromatic rings. The van der Waals surface area contributed by atoms with Crippen molar-refractivity contribution < 1.29 is 4.74 Å². The fourth-order valence-electron chi connectivity index (χ4n) is 4.34. The van der Waals surface area contributed by atoms with Crippen LogP contribution in [-0.2, 0) is 0 Å². The lowest BCUT2D eigenvalue weighted by Gasteiger charge is -2.33. The van der Waals surface area contributed by atoms with Gasteiger partial charge < -0.3 is 15.4 Å². The number of rotatable bonds is 8. The molecule has 1 saturated heterocycles. The van der Waals surface area contributed by atoms with Gasteiger partial charge in [-0.3, -0.25) is 0 Å². The second-order valence-corrected chi connectivity index (χ2v) is 8.18. The lowest BCUT2D eigenvalue weighted by Crippen LogP contribution is -2.34. The maximum Gasteiger partial charge on any atom is 0.125 e. The minimum Gasteiger partial charge on any atom is -0.486 e. The minimum absolute atomic E-state index is 0.0743. The summed E-state index contributed by atoms with van der Waals surface area (Å²) < 4.78 is 6.30. The molecule has 0 bridgehead atoms. The number of nitrogens with two attached hydrogens (primary N) is 1. The Bertz CT molecular complexity index is 985. The molecule has 1 heterocycles. The van der Waals surface area contributed by atoms with E-state index in [4.69, 9.17) is 10.5 Å². The van der Waals surface area contributed by atoms with Crippen molar-refractivity contribution in [3.8, 4) is 5.75 Å². The third-order valence-corrected chi connectivity index (χ3v) is 6.05. The van der Waals surface area contributed by atoms with Gasteiger partial charge in [-0.05, 0) is 72.4 Å². The first-order valence-electron chi connectivity index (χ1n) is 10.9. The summed E-state index contributed by atoms with van der Waals surface area (Å²) in [5.41, 5.74) is 9.69. The fourth-order valence-corrected chi connectivity index (χ4v) is 4.34. The number of ether oxygens (including phenoxy) is 1. The van der Waals surface area contributed by atoms with E-state index in [9.17, 15) is 4.91 Å². The summed E-state index contributed by atoms with van der Waals surface area (Å²) >= 11 is 0. The van der Waals surface area contributed by atoms with Crippen molar-refractivity contribution >= 4 is 11.4 Å². The van der Waals surface area contributed by atoms with Crippen LogP contribution in [0.3, 0.4) is 0 Å². The Hall–Kier alpha value is -3.18. The first-order chi connectivity index (χ1) is 15.2. The monoisotopic (exact) mass is 415 g/mol. The molecule has 0 aromatic heterocycles. The second-order valence-electron chi connectivity index (χ2n) is 8.18. The summed E-state index contributed by atoms with van der Waals surface area (Å²) in [5.74, 6) is 1.26. The third kappa shape index (κ3) is 5.70. The molecule has 0 aliphatic carbocycles. The van der Waals surface area contributed by atoms with E-state index in [1.807, 2.05) is 36.4 Å². The molecule has 1 fully saturated rings. The van der Waals surface area contributed by atoms with Gasteiger partial charge in [-0.15, -0.1) is 4.91 Å². The van der Waals surface area contributed by atoms with Crippen LogP contribution in [0.25, 0.3) is 0 Å². The van der Waals surface area contributed by atoms with E-state index in [-0.39, 0.29) is 6.10 Å². The molecule has 1 atom stereocenters. The average molecular weight is 416 g/mol. The van der Waals surface area contributed by atoms with Crippen LogP contribution in [0.2, 0.25) is 0 Å². The molecule has 5 nitrogen and oxygen atoms in total. The van der Waals surface area contributed by atoms with Crippen LogP contribution in [0, 0.1) is 4.91 Å². The van der Waals surface area contributed by atoms with Crippen molar-refractivity contribution in [3.63, 3.8) is 0 Å². The molecule has 0 radical (unpaired) electrons. The molecule has 160 valence electrons. The van der Waals surface area contributed by atoms with Crippen LogP contribution in [0.1, 0.15) is 42.4 Å². The van der Waals surface area contributed by atoms with Crippen LogP contribution < -0.4 is 10.5 Å². The highest BCUT2D eigenvalue weighted by atomic mass is 16.5. The number of hydrogen-bond acceptors (Lipinski definition) is 5. The predicted octanol–water partition coefficient (Wildman–Crippen LogP) is 6.06. The van der Waals surface area contributed by atoms with E-state index in [0.717, 1.165) is 50.1 Å². The summed E-state index contributed by atoms with van der Waals surface area (Å²) in [6.45, 7) is 3.12. The quantitative estimate of drug-likeness (QED) is 0.359. The summed E-state index contributed by atoms with van der Waals surface area (Å²) in [6, 6.07) is 25.6. The van der Waals surface area contributed by atoms with Gasteiger partial charge in [-0.1, -0.05) is 48.5 Å². The SMILES string of the molecule is Nc1cccc(C2CCN(CC[C@@H](Oc3cccc(N=O)c3)c3ccccc3)CC2)c1. The number of nitrogens with zero attached hydrogens (tertiary/aromatic N) is 2. The first kappa shape index (κ1) is 21.1. The Balaban J connectivity index is 1.37. The highest BCUT2D eigenvalue weighted by Gasteiger charge is 2.22. The van der Waals surface area contributed by atoms with Gasteiger partial charge in [0, 0.05) is 24.7 Å². The number of anilines is 1. The normalized spacial score (nSPS) is 16.0. The molecule has 1 aliphatic rings. The zero-order valence-corrected chi connectivity index (χ0v) is 17.7. The third-order valence-electron chi connectivity index (χ3n) is 6.05. The Morgan fingerprint density at radius 2 is 1.74 bits per heavy atom. The summed E-state index contributed by atoms with van der Waals surface area (Å²) in [4.78, 5) is 13.4.